The average Bonchev–Trinajstić information content (AvgIpc) is 1.83. The van der Waals surface area contributed by atoms with E-state index in [9.17, 15) is 0 Å². The first-order valence-electron chi connectivity index (χ1n) is 3.42. The summed E-state index contributed by atoms with van der Waals surface area (Å²) < 4.78 is 0. The van der Waals surface area contributed by atoms with E-state index >= 15 is 0 Å². The van der Waals surface area contributed by atoms with E-state index in [1.807, 2.05) is 0 Å². The van der Waals surface area contributed by atoms with Crippen molar-refractivity contribution in [1.29, 1.82) is 0 Å². The molecule has 1 atom stereocenters. The van der Waals surface area contributed by atoms with E-state index in [4.69, 9.17) is 5.11 Å². The number of hydrogen-bond donors (Lipinski definition) is 1. The first-order chi connectivity index (χ1) is 3.81. The van der Waals surface area contributed by atoms with Gasteiger partial charge in [-0.05, 0) is 18.8 Å². The summed E-state index contributed by atoms with van der Waals surface area (Å²) >= 11 is 0. The Labute approximate surface area is 59.1 Å². The van der Waals surface area contributed by atoms with Crippen LogP contribution in [0.15, 0.2) is 0 Å². The highest BCUT2D eigenvalue weighted by atomic mass is 16.2. The molecule has 0 aromatic heterocycles. The highest BCUT2D eigenvalue weighted by molar-refractivity contribution is 4.47. The molecule has 0 aliphatic carbocycles. The molecule has 0 fully saturated rings. The Bertz CT molecular complexity index is 43.8. The molecule has 0 aliphatic heterocycles. The molecule has 58 valence electrons. The minimum absolute atomic E-state index is 0. The predicted molar refractivity (Wildman–Crippen MR) is 42.5 cm³/mol. The van der Waals surface area contributed by atoms with Gasteiger partial charge in [0, 0.05) is 6.61 Å². The Balaban J connectivity index is 0. The predicted octanol–water partition coefficient (Wildman–Crippen LogP) is 2.44. The number of aliphatic hydroxyl groups excluding tert-OH is 1. The summed E-state index contributed by atoms with van der Waals surface area (Å²) in [4.78, 5) is 0. The van der Waals surface area contributed by atoms with E-state index in [1.165, 1.54) is 12.8 Å². The maximum atomic E-state index is 8.41. The first kappa shape index (κ1) is 11.7. The smallest absolute Gasteiger partial charge is 0.0431 e. The van der Waals surface area contributed by atoms with Crippen molar-refractivity contribution < 1.29 is 5.11 Å². The molecule has 0 saturated carbocycles. The normalized spacial score (nSPS) is 12.3. The lowest BCUT2D eigenvalue weighted by atomic mass is 10.0. The summed E-state index contributed by atoms with van der Waals surface area (Å²) in [7, 11) is 0. The highest BCUT2D eigenvalue weighted by Crippen LogP contribution is 2.07. The van der Waals surface area contributed by atoms with Crippen LogP contribution in [0, 0.1) is 5.92 Å². The van der Waals surface area contributed by atoms with Crippen LogP contribution in [0.25, 0.3) is 0 Å². The molecule has 0 aromatic rings. The minimum Gasteiger partial charge on any atom is -0.396 e. The van der Waals surface area contributed by atoms with Crippen molar-refractivity contribution in [3.05, 3.63) is 0 Å². The zero-order chi connectivity index (χ0) is 6.41. The monoisotopic (exact) mass is 132 g/mol. The minimum atomic E-state index is 0. The van der Waals surface area contributed by atoms with Crippen molar-refractivity contribution >= 4 is 0 Å². The Morgan fingerprint density at radius 3 is 2.33 bits per heavy atom. The first-order valence-corrected chi connectivity index (χ1v) is 3.42. The van der Waals surface area contributed by atoms with Gasteiger partial charge in [0.15, 0.2) is 0 Å². The third kappa shape index (κ3) is 7.96. The molecular weight excluding hydrogens is 112 g/mol. The van der Waals surface area contributed by atoms with Crippen LogP contribution in [0.2, 0.25) is 0 Å². The fourth-order valence-electron chi connectivity index (χ4n) is 0.644. The van der Waals surface area contributed by atoms with Crippen LogP contribution in [0.1, 0.15) is 40.5 Å². The quantitative estimate of drug-likeness (QED) is 0.623. The summed E-state index contributed by atoms with van der Waals surface area (Å²) in [5, 5.41) is 8.41. The van der Waals surface area contributed by atoms with Crippen molar-refractivity contribution in [3.8, 4) is 0 Å². The molecular formula is C8H20O. The van der Waals surface area contributed by atoms with Crippen LogP contribution in [-0.2, 0) is 0 Å². The summed E-state index contributed by atoms with van der Waals surface area (Å²) in [5.74, 6) is 0.794. The topological polar surface area (TPSA) is 20.2 Å². The Kier molecular flexibility index (Phi) is 10.4. The Hall–Kier alpha value is -0.0400. The molecule has 1 heteroatoms. The average molecular weight is 132 g/mol. The van der Waals surface area contributed by atoms with Gasteiger partial charge < -0.3 is 5.11 Å². The SMILES string of the molecule is C.CCC(C)CCCO. The van der Waals surface area contributed by atoms with Gasteiger partial charge in [-0.15, -0.1) is 0 Å². The van der Waals surface area contributed by atoms with Crippen LogP contribution in [-0.4, -0.2) is 11.7 Å². The number of rotatable bonds is 4. The highest BCUT2D eigenvalue weighted by Gasteiger charge is 1.95. The van der Waals surface area contributed by atoms with E-state index in [0.717, 1.165) is 12.3 Å². The van der Waals surface area contributed by atoms with Gasteiger partial charge in [0.05, 0.1) is 0 Å². The van der Waals surface area contributed by atoms with Crippen LogP contribution in [0.3, 0.4) is 0 Å². The lowest BCUT2D eigenvalue weighted by molar-refractivity contribution is 0.273. The third-order valence-corrected chi connectivity index (χ3v) is 1.55. The number of hydrogen-bond acceptors (Lipinski definition) is 1. The van der Waals surface area contributed by atoms with Gasteiger partial charge in [-0.1, -0.05) is 27.7 Å². The largest absolute Gasteiger partial charge is 0.396 e. The van der Waals surface area contributed by atoms with E-state index in [2.05, 4.69) is 13.8 Å². The standard InChI is InChI=1S/C7H16O.CH4/c1-3-7(2)5-4-6-8;/h7-8H,3-6H2,1-2H3;1H4. The van der Waals surface area contributed by atoms with Crippen molar-refractivity contribution in [2.24, 2.45) is 5.92 Å². The fraction of sp³-hybridized carbons (Fsp3) is 1.00. The van der Waals surface area contributed by atoms with Gasteiger partial charge >= 0.3 is 0 Å². The van der Waals surface area contributed by atoms with Crippen LogP contribution < -0.4 is 0 Å². The zero-order valence-electron chi connectivity index (χ0n) is 5.85. The molecule has 0 heterocycles. The van der Waals surface area contributed by atoms with Crippen LogP contribution in [0.5, 0.6) is 0 Å². The molecule has 0 saturated heterocycles. The summed E-state index contributed by atoms with van der Waals surface area (Å²) in [6.07, 6.45) is 3.38. The lowest BCUT2D eigenvalue weighted by Gasteiger charge is -2.04. The summed E-state index contributed by atoms with van der Waals surface area (Å²) in [6.45, 7) is 4.75. The zero-order valence-corrected chi connectivity index (χ0v) is 5.85. The van der Waals surface area contributed by atoms with Crippen molar-refractivity contribution in [2.45, 2.75) is 40.5 Å². The maximum absolute atomic E-state index is 8.41. The molecule has 0 aromatic carbocycles. The van der Waals surface area contributed by atoms with Crippen molar-refractivity contribution in [2.75, 3.05) is 6.61 Å². The molecule has 1 N–H and O–H groups in total. The molecule has 1 unspecified atom stereocenters. The second kappa shape index (κ2) is 7.96. The van der Waals surface area contributed by atoms with Gasteiger partial charge in [-0.25, -0.2) is 0 Å². The van der Waals surface area contributed by atoms with E-state index in [-0.39, 0.29) is 7.43 Å². The van der Waals surface area contributed by atoms with Gasteiger partial charge in [0.2, 0.25) is 0 Å². The summed E-state index contributed by atoms with van der Waals surface area (Å²) in [5.41, 5.74) is 0. The lowest BCUT2D eigenvalue weighted by Crippen LogP contribution is -1.93. The molecule has 0 bridgehead atoms. The summed E-state index contributed by atoms with van der Waals surface area (Å²) in [6, 6.07) is 0. The third-order valence-electron chi connectivity index (χ3n) is 1.55. The molecule has 0 radical (unpaired) electrons. The van der Waals surface area contributed by atoms with E-state index in [1.54, 1.807) is 0 Å². The van der Waals surface area contributed by atoms with Crippen molar-refractivity contribution in [3.63, 3.8) is 0 Å². The molecule has 9 heavy (non-hydrogen) atoms. The van der Waals surface area contributed by atoms with E-state index < -0.39 is 0 Å². The van der Waals surface area contributed by atoms with Gasteiger partial charge in [-0.2, -0.15) is 0 Å². The van der Waals surface area contributed by atoms with Crippen LogP contribution >= 0.6 is 0 Å². The Morgan fingerprint density at radius 1 is 1.44 bits per heavy atom. The van der Waals surface area contributed by atoms with Crippen molar-refractivity contribution in [1.82, 2.24) is 0 Å². The second-order valence-electron chi connectivity index (χ2n) is 2.38. The maximum Gasteiger partial charge on any atom is 0.0431 e. The Morgan fingerprint density at radius 2 is 2.00 bits per heavy atom. The van der Waals surface area contributed by atoms with Gasteiger partial charge in [-0.3, -0.25) is 0 Å². The van der Waals surface area contributed by atoms with E-state index in [0.29, 0.717) is 6.61 Å². The second-order valence-corrected chi connectivity index (χ2v) is 2.38. The molecule has 0 rings (SSSR count). The number of aliphatic hydroxyl groups is 1. The molecule has 0 amide bonds. The molecule has 0 aliphatic rings. The van der Waals surface area contributed by atoms with Gasteiger partial charge in [0.1, 0.15) is 0 Å². The fourth-order valence-corrected chi connectivity index (χ4v) is 0.644. The molecule has 0 spiro atoms. The molecule has 1 nitrogen and oxygen atoms in total. The van der Waals surface area contributed by atoms with Crippen LogP contribution in [0.4, 0.5) is 0 Å². The van der Waals surface area contributed by atoms with Gasteiger partial charge in [0.25, 0.3) is 0 Å².